The number of alkyl carbamates (subject to hydrolysis) is 1. The summed E-state index contributed by atoms with van der Waals surface area (Å²) in [5, 5.41) is 12.0. The maximum Gasteiger partial charge on any atom is 0.407 e. The van der Waals surface area contributed by atoms with Gasteiger partial charge in [0.15, 0.2) is 0 Å². The van der Waals surface area contributed by atoms with Crippen LogP contribution in [0, 0.1) is 11.8 Å². The first kappa shape index (κ1) is 16.9. The average Bonchev–Trinajstić information content (AvgIpc) is 2.57. The number of nitrogens with one attached hydrogen (secondary N) is 1. The summed E-state index contributed by atoms with van der Waals surface area (Å²) < 4.78 is 5.69. The van der Waals surface area contributed by atoms with Crippen molar-refractivity contribution in [2.24, 2.45) is 0 Å². The third kappa shape index (κ3) is 6.05. The van der Waals surface area contributed by atoms with Crippen molar-refractivity contribution in [3.63, 3.8) is 0 Å². The van der Waals surface area contributed by atoms with E-state index in [1.165, 1.54) is 0 Å². The number of amides is 1. The van der Waals surface area contributed by atoms with Crippen LogP contribution in [-0.2, 0) is 11.3 Å². The van der Waals surface area contributed by atoms with E-state index < -0.39 is 6.09 Å². The van der Waals surface area contributed by atoms with E-state index in [1.807, 2.05) is 30.3 Å². The molecule has 0 atom stereocenters. The fourth-order valence-corrected chi connectivity index (χ4v) is 2.13. The van der Waals surface area contributed by atoms with E-state index in [9.17, 15) is 9.90 Å². The van der Waals surface area contributed by atoms with Crippen LogP contribution in [0.1, 0.15) is 17.5 Å². The minimum atomic E-state index is -0.456. The summed E-state index contributed by atoms with van der Waals surface area (Å²) in [5.41, 5.74) is 1.74. The Morgan fingerprint density at radius 3 is 2.74 bits per heavy atom. The topological polar surface area (TPSA) is 58.6 Å². The molecule has 118 valence electrons. The Morgan fingerprint density at radius 1 is 1.22 bits per heavy atom. The number of ether oxygens (including phenoxy) is 1. The van der Waals surface area contributed by atoms with Gasteiger partial charge in [0.25, 0.3) is 0 Å². The molecule has 0 spiro atoms. The maximum absolute atomic E-state index is 11.5. The van der Waals surface area contributed by atoms with Crippen LogP contribution in [0.2, 0.25) is 0 Å². The van der Waals surface area contributed by atoms with E-state index in [0.29, 0.717) is 17.4 Å². The van der Waals surface area contributed by atoms with Crippen molar-refractivity contribution < 1.29 is 14.6 Å². The van der Waals surface area contributed by atoms with Crippen molar-refractivity contribution in [1.29, 1.82) is 0 Å². The summed E-state index contributed by atoms with van der Waals surface area (Å²) in [5.74, 6) is 6.09. The van der Waals surface area contributed by atoms with Crippen molar-refractivity contribution in [1.82, 2.24) is 5.32 Å². The molecule has 0 aliphatic rings. The lowest BCUT2D eigenvalue weighted by atomic mass is 10.2. The van der Waals surface area contributed by atoms with Crippen molar-refractivity contribution in [3.05, 3.63) is 64.1 Å². The van der Waals surface area contributed by atoms with E-state index in [4.69, 9.17) is 4.74 Å². The number of benzene rings is 2. The lowest BCUT2D eigenvalue weighted by Gasteiger charge is -2.05. The highest BCUT2D eigenvalue weighted by atomic mass is 79.9. The van der Waals surface area contributed by atoms with Gasteiger partial charge in [0, 0.05) is 18.5 Å². The second kappa shape index (κ2) is 8.86. The summed E-state index contributed by atoms with van der Waals surface area (Å²) in [6.45, 7) is 0.666. The van der Waals surface area contributed by atoms with Crippen LogP contribution in [0.3, 0.4) is 0 Å². The van der Waals surface area contributed by atoms with Crippen LogP contribution in [0.15, 0.2) is 53.0 Å². The molecule has 0 saturated carbocycles. The van der Waals surface area contributed by atoms with E-state index in [2.05, 4.69) is 33.1 Å². The van der Waals surface area contributed by atoms with Crippen LogP contribution in [0.4, 0.5) is 4.79 Å². The van der Waals surface area contributed by atoms with Gasteiger partial charge in [-0.2, -0.15) is 0 Å². The van der Waals surface area contributed by atoms with E-state index in [1.54, 1.807) is 18.2 Å². The highest BCUT2D eigenvalue weighted by Gasteiger charge is 2.01. The molecule has 2 N–H and O–H groups in total. The maximum atomic E-state index is 11.5. The fraction of sp³-hybridized carbons (Fsp3) is 0.167. The first-order chi connectivity index (χ1) is 11.1. The summed E-state index contributed by atoms with van der Waals surface area (Å²) >= 11 is 3.23. The summed E-state index contributed by atoms with van der Waals surface area (Å²) in [4.78, 5) is 11.5. The largest absolute Gasteiger partial charge is 0.507 e. The zero-order valence-corrected chi connectivity index (χ0v) is 14.0. The molecular weight excluding hydrogens is 358 g/mol. The second-order valence-electron chi connectivity index (χ2n) is 4.71. The molecule has 0 aliphatic heterocycles. The van der Waals surface area contributed by atoms with Crippen molar-refractivity contribution >= 4 is 22.0 Å². The van der Waals surface area contributed by atoms with Gasteiger partial charge in [-0.3, -0.25) is 0 Å². The number of rotatable bonds is 4. The number of carbonyl (C=O) groups excluding carboxylic acids is 1. The quantitative estimate of drug-likeness (QED) is 0.632. The molecular formula is C18H16BrNO3. The standard InChI is InChI=1S/C18H16BrNO3/c19-16-12-14(9-10-17(16)21)6-4-5-11-20-18(22)23-13-15-7-2-1-3-8-15/h1-3,7-10,12,21H,5,11,13H2,(H,20,22). The normalized spacial score (nSPS) is 9.61. The zero-order chi connectivity index (χ0) is 16.5. The molecule has 4 nitrogen and oxygen atoms in total. The number of phenolic OH excluding ortho intramolecular Hbond substituents is 1. The molecule has 5 heteroatoms. The SMILES string of the molecule is O=C(NCCC#Cc1ccc(O)c(Br)c1)OCc1ccccc1. The first-order valence-corrected chi connectivity index (χ1v) is 7.86. The summed E-state index contributed by atoms with van der Waals surface area (Å²) in [6.07, 6.45) is 0.0573. The van der Waals surface area contributed by atoms with Crippen LogP contribution < -0.4 is 5.32 Å². The summed E-state index contributed by atoms with van der Waals surface area (Å²) in [6, 6.07) is 14.5. The molecule has 0 radical (unpaired) electrons. The predicted molar refractivity (Wildman–Crippen MR) is 91.9 cm³/mol. The number of phenols is 1. The molecule has 0 heterocycles. The van der Waals surface area contributed by atoms with Crippen LogP contribution in [-0.4, -0.2) is 17.7 Å². The third-order valence-corrected chi connectivity index (χ3v) is 3.55. The molecule has 0 bridgehead atoms. The van der Waals surface area contributed by atoms with Crippen LogP contribution in [0.5, 0.6) is 5.75 Å². The molecule has 2 aromatic rings. The Bertz CT molecular complexity index is 720. The van der Waals surface area contributed by atoms with Crippen molar-refractivity contribution in [3.8, 4) is 17.6 Å². The lowest BCUT2D eigenvalue weighted by molar-refractivity contribution is 0.140. The van der Waals surface area contributed by atoms with Gasteiger partial charge in [-0.1, -0.05) is 42.2 Å². The Balaban J connectivity index is 1.68. The molecule has 1 amide bonds. The minimum absolute atomic E-state index is 0.179. The molecule has 0 aliphatic carbocycles. The van der Waals surface area contributed by atoms with E-state index in [0.717, 1.165) is 11.1 Å². The smallest absolute Gasteiger partial charge is 0.407 e. The molecule has 23 heavy (non-hydrogen) atoms. The van der Waals surface area contributed by atoms with Gasteiger partial charge in [-0.15, -0.1) is 0 Å². The molecule has 0 aromatic heterocycles. The predicted octanol–water partition coefficient (Wildman–Crippen LogP) is 3.82. The molecule has 0 fully saturated rings. The van der Waals surface area contributed by atoms with Gasteiger partial charge in [0.05, 0.1) is 4.47 Å². The minimum Gasteiger partial charge on any atom is -0.507 e. The zero-order valence-electron chi connectivity index (χ0n) is 12.4. The molecule has 0 unspecified atom stereocenters. The van der Waals surface area contributed by atoms with Crippen molar-refractivity contribution in [2.45, 2.75) is 13.0 Å². The van der Waals surface area contributed by atoms with Crippen molar-refractivity contribution in [2.75, 3.05) is 6.54 Å². The molecule has 2 aromatic carbocycles. The Labute approximate surface area is 143 Å². The Hall–Kier alpha value is -2.45. The van der Waals surface area contributed by atoms with Gasteiger partial charge in [0.1, 0.15) is 12.4 Å². The van der Waals surface area contributed by atoms with Gasteiger partial charge in [-0.25, -0.2) is 4.79 Å². The van der Waals surface area contributed by atoms with Gasteiger partial charge < -0.3 is 15.2 Å². The van der Waals surface area contributed by atoms with Gasteiger partial charge in [-0.05, 0) is 39.7 Å². The van der Waals surface area contributed by atoms with Crippen LogP contribution in [0.25, 0.3) is 0 Å². The van der Waals surface area contributed by atoms with E-state index >= 15 is 0 Å². The van der Waals surface area contributed by atoms with Gasteiger partial charge >= 0.3 is 6.09 Å². The molecule has 0 saturated heterocycles. The highest BCUT2D eigenvalue weighted by molar-refractivity contribution is 9.10. The van der Waals surface area contributed by atoms with E-state index in [-0.39, 0.29) is 12.4 Å². The number of hydrogen-bond donors (Lipinski definition) is 2. The monoisotopic (exact) mass is 373 g/mol. The lowest BCUT2D eigenvalue weighted by Crippen LogP contribution is -2.24. The summed E-state index contributed by atoms with van der Waals surface area (Å²) in [7, 11) is 0. The Kier molecular flexibility index (Phi) is 6.52. The number of carbonyl (C=O) groups is 1. The number of halogens is 1. The Morgan fingerprint density at radius 2 is 2.00 bits per heavy atom. The fourth-order valence-electron chi connectivity index (χ4n) is 1.75. The first-order valence-electron chi connectivity index (χ1n) is 7.07. The third-order valence-electron chi connectivity index (χ3n) is 2.91. The highest BCUT2D eigenvalue weighted by Crippen LogP contribution is 2.23. The average molecular weight is 374 g/mol. The molecule has 2 rings (SSSR count). The van der Waals surface area contributed by atoms with Crippen LogP contribution >= 0.6 is 15.9 Å². The second-order valence-corrected chi connectivity index (χ2v) is 5.56. The number of aromatic hydroxyl groups is 1. The number of hydrogen-bond acceptors (Lipinski definition) is 3. The van der Waals surface area contributed by atoms with Gasteiger partial charge in [0.2, 0.25) is 0 Å².